The van der Waals surface area contributed by atoms with Crippen LogP contribution in [0.3, 0.4) is 0 Å². The van der Waals surface area contributed by atoms with E-state index in [0.717, 1.165) is 22.5 Å². The van der Waals surface area contributed by atoms with E-state index in [0.29, 0.717) is 18.3 Å². The number of nitrogens with one attached hydrogen (secondary N) is 2. The van der Waals surface area contributed by atoms with Crippen LogP contribution in [0.4, 0.5) is 11.4 Å². The Labute approximate surface area is 167 Å². The second-order valence-electron chi connectivity index (χ2n) is 8.40. The number of para-hydroxylation sites is 1. The van der Waals surface area contributed by atoms with Gasteiger partial charge in [-0.15, -0.1) is 0 Å². The number of aryl methyl sites for hydroxylation is 1. The highest BCUT2D eigenvalue weighted by Crippen LogP contribution is 2.41. The molecule has 0 bridgehead atoms. The third-order valence-electron chi connectivity index (χ3n) is 5.48. The molecule has 4 heteroatoms. The van der Waals surface area contributed by atoms with Gasteiger partial charge in [0.15, 0.2) is 0 Å². The van der Waals surface area contributed by atoms with Gasteiger partial charge in [-0.2, -0.15) is 0 Å². The molecule has 2 unspecified atom stereocenters. The van der Waals surface area contributed by atoms with Gasteiger partial charge in [0.25, 0.3) is 0 Å². The van der Waals surface area contributed by atoms with E-state index in [4.69, 9.17) is 0 Å². The summed E-state index contributed by atoms with van der Waals surface area (Å²) in [5, 5.41) is 6.01. The van der Waals surface area contributed by atoms with Gasteiger partial charge < -0.3 is 10.6 Å². The summed E-state index contributed by atoms with van der Waals surface area (Å²) < 4.78 is 0. The molecule has 28 heavy (non-hydrogen) atoms. The van der Waals surface area contributed by atoms with E-state index < -0.39 is 0 Å². The van der Waals surface area contributed by atoms with Crippen molar-refractivity contribution >= 4 is 23.2 Å². The fourth-order valence-corrected chi connectivity index (χ4v) is 3.52. The van der Waals surface area contributed by atoms with Crippen molar-refractivity contribution < 1.29 is 9.59 Å². The molecule has 2 amide bonds. The molecule has 148 valence electrons. The predicted octanol–water partition coefficient (Wildman–Crippen LogP) is 5.46. The molecule has 4 nitrogen and oxygen atoms in total. The van der Waals surface area contributed by atoms with E-state index >= 15 is 0 Å². The number of carbonyl (C=O) groups is 2. The Balaban J connectivity index is 1.61. The van der Waals surface area contributed by atoms with Crippen molar-refractivity contribution in [2.24, 2.45) is 11.8 Å². The smallest absolute Gasteiger partial charge is 0.228 e. The molecular weight excluding hydrogens is 348 g/mol. The third kappa shape index (κ3) is 4.44. The van der Waals surface area contributed by atoms with Crippen molar-refractivity contribution in [3.63, 3.8) is 0 Å². The summed E-state index contributed by atoms with van der Waals surface area (Å²) in [6.45, 7) is 10.5. The van der Waals surface area contributed by atoms with Gasteiger partial charge in [0, 0.05) is 11.4 Å². The summed E-state index contributed by atoms with van der Waals surface area (Å²) in [5.74, 6) is 0.129. The first-order valence-corrected chi connectivity index (χ1v) is 10.1. The maximum absolute atomic E-state index is 12.7. The molecule has 2 aromatic carbocycles. The maximum Gasteiger partial charge on any atom is 0.228 e. The van der Waals surface area contributed by atoms with Crippen molar-refractivity contribution in [2.75, 3.05) is 10.6 Å². The Morgan fingerprint density at radius 2 is 1.46 bits per heavy atom. The number of benzene rings is 2. The van der Waals surface area contributed by atoms with Crippen molar-refractivity contribution in [3.05, 3.63) is 59.2 Å². The highest BCUT2D eigenvalue weighted by Gasteiger charge is 2.48. The minimum absolute atomic E-state index is 0.0634. The lowest BCUT2D eigenvalue weighted by Crippen LogP contribution is -2.21. The summed E-state index contributed by atoms with van der Waals surface area (Å²) in [4.78, 5) is 25.2. The number of hydrogen-bond donors (Lipinski definition) is 2. The molecular formula is C24H30N2O2. The number of rotatable bonds is 6. The van der Waals surface area contributed by atoms with Crippen LogP contribution in [0, 0.1) is 18.8 Å². The summed E-state index contributed by atoms with van der Waals surface area (Å²) in [5.41, 5.74) is 5.08. The van der Waals surface area contributed by atoms with Gasteiger partial charge in [-0.05, 0) is 54.0 Å². The van der Waals surface area contributed by atoms with Crippen LogP contribution in [-0.4, -0.2) is 11.8 Å². The number of hydrogen-bond acceptors (Lipinski definition) is 2. The average molecular weight is 379 g/mol. The molecule has 0 aromatic heterocycles. The molecule has 0 saturated heterocycles. The molecule has 3 rings (SSSR count). The van der Waals surface area contributed by atoms with Gasteiger partial charge in [-0.1, -0.05) is 58.0 Å². The monoisotopic (exact) mass is 378 g/mol. The fraction of sp³-hybridized carbons (Fsp3) is 0.417. The van der Waals surface area contributed by atoms with Gasteiger partial charge in [0.1, 0.15) is 0 Å². The molecule has 2 atom stereocenters. The van der Waals surface area contributed by atoms with Crippen LogP contribution < -0.4 is 10.6 Å². The van der Waals surface area contributed by atoms with E-state index in [-0.39, 0.29) is 23.7 Å². The summed E-state index contributed by atoms with van der Waals surface area (Å²) in [6, 6.07) is 14.0. The van der Waals surface area contributed by atoms with Gasteiger partial charge in [-0.3, -0.25) is 9.59 Å². The maximum atomic E-state index is 12.7. The predicted molar refractivity (Wildman–Crippen MR) is 115 cm³/mol. The van der Waals surface area contributed by atoms with Crippen LogP contribution in [0.25, 0.3) is 0 Å². The van der Waals surface area contributed by atoms with Gasteiger partial charge in [0.05, 0.1) is 11.8 Å². The first-order chi connectivity index (χ1) is 13.3. The highest BCUT2D eigenvalue weighted by molar-refractivity contribution is 6.03. The Kier molecular flexibility index (Phi) is 5.87. The van der Waals surface area contributed by atoms with Crippen LogP contribution in [0.2, 0.25) is 0 Å². The average Bonchev–Trinajstić information content (AvgIpc) is 3.44. The standard InChI is InChI=1S/C24H30N2O2/c1-14(2)17-9-11-18(12-10-17)25-23(27)20-13-21(20)24(28)26-22-16(5)7-6-8-19(22)15(3)4/h6-12,14-15,20-21H,13H2,1-5H3,(H,25,27)(H,26,28). The Morgan fingerprint density at radius 1 is 0.857 bits per heavy atom. The van der Waals surface area contributed by atoms with Crippen molar-refractivity contribution in [1.82, 2.24) is 0 Å². The van der Waals surface area contributed by atoms with Gasteiger partial charge >= 0.3 is 0 Å². The zero-order valence-corrected chi connectivity index (χ0v) is 17.4. The first kappa shape index (κ1) is 20.1. The topological polar surface area (TPSA) is 58.2 Å². The van der Waals surface area contributed by atoms with Crippen LogP contribution >= 0.6 is 0 Å². The van der Waals surface area contributed by atoms with Gasteiger partial charge in [0.2, 0.25) is 11.8 Å². The lowest BCUT2D eigenvalue weighted by atomic mass is 9.98. The normalized spacial score (nSPS) is 18.2. The van der Waals surface area contributed by atoms with Crippen molar-refractivity contribution in [1.29, 1.82) is 0 Å². The number of amides is 2. The van der Waals surface area contributed by atoms with Crippen molar-refractivity contribution in [3.8, 4) is 0 Å². The van der Waals surface area contributed by atoms with E-state index in [1.54, 1.807) is 0 Å². The summed E-state index contributed by atoms with van der Waals surface area (Å²) in [7, 11) is 0. The molecule has 1 saturated carbocycles. The Bertz CT molecular complexity index is 869. The molecule has 1 aliphatic rings. The minimum Gasteiger partial charge on any atom is -0.326 e. The SMILES string of the molecule is Cc1cccc(C(C)C)c1NC(=O)C1CC1C(=O)Nc1ccc(C(C)C)cc1. The quantitative estimate of drug-likeness (QED) is 0.702. The zero-order chi connectivity index (χ0) is 20.4. The van der Waals surface area contributed by atoms with Gasteiger partial charge in [-0.25, -0.2) is 0 Å². The Hall–Kier alpha value is -2.62. The molecule has 0 heterocycles. The first-order valence-electron chi connectivity index (χ1n) is 10.1. The van der Waals surface area contributed by atoms with E-state index in [1.807, 2.05) is 49.4 Å². The largest absolute Gasteiger partial charge is 0.326 e. The molecule has 1 fully saturated rings. The molecule has 0 spiro atoms. The molecule has 2 aromatic rings. The summed E-state index contributed by atoms with van der Waals surface area (Å²) in [6.07, 6.45) is 0.602. The number of carbonyl (C=O) groups excluding carboxylic acids is 2. The lowest BCUT2D eigenvalue weighted by molar-refractivity contribution is -0.122. The lowest BCUT2D eigenvalue weighted by Gasteiger charge is -2.16. The van der Waals surface area contributed by atoms with Crippen LogP contribution in [0.5, 0.6) is 0 Å². The van der Waals surface area contributed by atoms with Crippen LogP contribution in [0.1, 0.15) is 62.6 Å². The second kappa shape index (κ2) is 8.17. The fourth-order valence-electron chi connectivity index (χ4n) is 3.52. The number of anilines is 2. The van der Waals surface area contributed by atoms with E-state index in [9.17, 15) is 9.59 Å². The molecule has 0 aliphatic heterocycles. The highest BCUT2D eigenvalue weighted by atomic mass is 16.2. The zero-order valence-electron chi connectivity index (χ0n) is 17.4. The minimum atomic E-state index is -0.255. The summed E-state index contributed by atoms with van der Waals surface area (Å²) >= 11 is 0. The molecule has 2 N–H and O–H groups in total. The van der Waals surface area contributed by atoms with Crippen molar-refractivity contribution in [2.45, 2.75) is 52.9 Å². The third-order valence-corrected chi connectivity index (χ3v) is 5.48. The Morgan fingerprint density at radius 3 is 2.04 bits per heavy atom. The second-order valence-corrected chi connectivity index (χ2v) is 8.40. The van der Waals surface area contributed by atoms with Crippen LogP contribution in [0.15, 0.2) is 42.5 Å². The molecule has 1 aliphatic carbocycles. The van der Waals surface area contributed by atoms with Crippen LogP contribution in [-0.2, 0) is 9.59 Å². The van der Waals surface area contributed by atoms with E-state index in [2.05, 4.69) is 38.3 Å². The van der Waals surface area contributed by atoms with E-state index in [1.165, 1.54) is 5.56 Å². The molecule has 0 radical (unpaired) electrons.